The molecule has 1 aromatic rings. The smallest absolute Gasteiger partial charge is 0.421 e. The first-order valence-electron chi connectivity index (χ1n) is 6.79. The van der Waals surface area contributed by atoms with Gasteiger partial charge in [-0.25, -0.2) is 0 Å². The van der Waals surface area contributed by atoms with Crippen LogP contribution in [0.5, 0.6) is 5.75 Å². The molecule has 0 aliphatic rings. The van der Waals surface area contributed by atoms with Gasteiger partial charge in [0.15, 0.2) is 0 Å². The molecule has 0 saturated heterocycles. The van der Waals surface area contributed by atoms with Crippen molar-refractivity contribution < 1.29 is 53.6 Å². The van der Waals surface area contributed by atoms with Gasteiger partial charge in [-0.2, -0.15) is 34.8 Å². The van der Waals surface area contributed by atoms with Crippen LogP contribution >= 0.6 is 22.6 Å². The van der Waals surface area contributed by atoms with E-state index >= 15 is 0 Å². The summed E-state index contributed by atoms with van der Waals surface area (Å²) in [6.45, 7) is 0.966. The van der Waals surface area contributed by atoms with Gasteiger partial charge in [-0.15, -0.1) is 0 Å². The first-order valence-corrected chi connectivity index (χ1v) is 9.47. The van der Waals surface area contributed by atoms with Crippen LogP contribution in [0.3, 0.4) is 0 Å². The monoisotopic (exact) mass is 549 g/mol. The van der Waals surface area contributed by atoms with Gasteiger partial charge < -0.3 is 10.1 Å². The zero-order valence-electron chi connectivity index (χ0n) is 13.5. The molecule has 7 nitrogen and oxygen atoms in total. The van der Waals surface area contributed by atoms with Crippen molar-refractivity contribution in [3.63, 3.8) is 0 Å². The van der Waals surface area contributed by atoms with Gasteiger partial charge in [-0.3, -0.25) is 14.1 Å². The summed E-state index contributed by atoms with van der Waals surface area (Å²) < 4.78 is 114. The van der Waals surface area contributed by atoms with Crippen LogP contribution in [-0.2, 0) is 14.9 Å². The van der Waals surface area contributed by atoms with Gasteiger partial charge in [-0.05, 0) is 40.8 Å². The molecule has 0 aliphatic carbocycles. The molecule has 1 aromatic carbocycles. The number of carbonyl (C=O) groups is 2. The highest BCUT2D eigenvalue weighted by Crippen LogP contribution is 2.44. The molecule has 2 N–H and O–H groups in total. The highest BCUT2D eigenvalue weighted by Gasteiger charge is 2.73. The minimum absolute atomic E-state index is 0.209. The molecule has 1 amide bonds. The van der Waals surface area contributed by atoms with Crippen molar-refractivity contribution in [3.05, 3.63) is 27.3 Å². The summed E-state index contributed by atoms with van der Waals surface area (Å²) in [7, 11) is -5.83. The van der Waals surface area contributed by atoms with Crippen molar-refractivity contribution in [2.24, 2.45) is 0 Å². The fourth-order valence-electron chi connectivity index (χ4n) is 1.92. The lowest BCUT2D eigenvalue weighted by atomic mass is 9.99. The topological polar surface area (TPSA) is 110 Å². The van der Waals surface area contributed by atoms with E-state index in [1.165, 1.54) is 0 Å². The number of rotatable bonds is 5. The predicted molar refractivity (Wildman–Crippen MR) is 89.2 cm³/mol. The number of hydrogen-bond acceptors (Lipinski definition) is 5. The summed E-state index contributed by atoms with van der Waals surface area (Å²) in [5, 5.41) is 0.612. The van der Waals surface area contributed by atoms with Crippen molar-refractivity contribution in [1.29, 1.82) is 0 Å². The molecule has 15 heteroatoms. The summed E-state index contributed by atoms with van der Waals surface area (Å²) in [6.07, 6.45) is -12.7. The Hall–Kier alpha value is -1.62. The number of nitrogens with one attached hydrogen (secondary N) is 1. The number of alkyl halides is 6. The number of halogens is 7. The zero-order chi connectivity index (χ0) is 22.1. The van der Waals surface area contributed by atoms with E-state index in [1.54, 1.807) is 22.6 Å². The lowest BCUT2D eigenvalue weighted by Crippen LogP contribution is -2.70. The Balaban J connectivity index is 3.48. The molecule has 0 spiro atoms. The molecule has 0 unspecified atom stereocenters. The SMILES string of the molecule is CC(=O)Oc1cc(C(=O)NC(CS(=O)(=O)O)(C(F)(F)F)C(F)(F)F)ccc1I. The van der Waals surface area contributed by atoms with Crippen molar-refractivity contribution in [2.75, 3.05) is 5.75 Å². The second-order valence-electron chi connectivity index (χ2n) is 5.32. The van der Waals surface area contributed by atoms with Crippen molar-refractivity contribution >= 4 is 44.6 Å². The van der Waals surface area contributed by atoms with Crippen LogP contribution in [0.25, 0.3) is 0 Å². The number of esters is 1. The van der Waals surface area contributed by atoms with Crippen molar-refractivity contribution in [1.82, 2.24) is 5.32 Å². The average molecular weight is 549 g/mol. The molecule has 0 bridgehead atoms. The maximum Gasteiger partial charge on any atom is 0.421 e. The van der Waals surface area contributed by atoms with E-state index < -0.39 is 51.2 Å². The van der Waals surface area contributed by atoms with Gasteiger partial charge in [0, 0.05) is 12.5 Å². The molecular formula is C13H10F6INO6S. The Morgan fingerprint density at radius 3 is 2.04 bits per heavy atom. The van der Waals surface area contributed by atoms with Crippen LogP contribution in [0.1, 0.15) is 17.3 Å². The van der Waals surface area contributed by atoms with Gasteiger partial charge in [0.1, 0.15) is 11.5 Å². The number of amides is 1. The zero-order valence-corrected chi connectivity index (χ0v) is 16.5. The average Bonchev–Trinajstić information content (AvgIpc) is 2.44. The molecule has 0 saturated carbocycles. The number of benzene rings is 1. The largest absolute Gasteiger partial charge is 0.426 e. The van der Waals surface area contributed by atoms with Gasteiger partial charge in [0.2, 0.25) is 5.54 Å². The standard InChI is InChI=1S/C13H10F6INO6S/c1-6(22)27-9-4-7(2-3-8(9)20)10(23)21-11(12(14,15)16,13(17,18)19)5-28(24,25)26/h2-4H,5H2,1H3,(H,21,23)(H,24,25,26). The van der Waals surface area contributed by atoms with Crippen LogP contribution in [0, 0.1) is 3.57 Å². The van der Waals surface area contributed by atoms with Crippen LogP contribution in [0.4, 0.5) is 26.3 Å². The van der Waals surface area contributed by atoms with Crippen LogP contribution in [0.2, 0.25) is 0 Å². The summed E-state index contributed by atoms with van der Waals surface area (Å²) in [5.41, 5.74) is -6.07. The first kappa shape index (κ1) is 24.4. The summed E-state index contributed by atoms with van der Waals surface area (Å²) >= 11 is 1.62. The Morgan fingerprint density at radius 1 is 1.14 bits per heavy atom. The van der Waals surface area contributed by atoms with Gasteiger partial charge >= 0.3 is 18.3 Å². The summed E-state index contributed by atoms with van der Waals surface area (Å²) in [4.78, 5) is 23.0. The first-order chi connectivity index (χ1) is 12.4. The van der Waals surface area contributed by atoms with E-state index in [0.717, 1.165) is 19.1 Å². The molecule has 0 radical (unpaired) electrons. The molecule has 0 fully saturated rings. The predicted octanol–water partition coefficient (Wildman–Crippen LogP) is 2.70. The van der Waals surface area contributed by atoms with E-state index in [2.05, 4.69) is 4.74 Å². The Kier molecular flexibility index (Phi) is 6.99. The number of carbonyl (C=O) groups excluding carboxylic acids is 2. The Labute approximate surface area is 167 Å². The normalized spacial score (nSPS) is 13.2. The van der Waals surface area contributed by atoms with Crippen LogP contribution < -0.4 is 10.1 Å². The van der Waals surface area contributed by atoms with E-state index in [0.29, 0.717) is 11.4 Å². The minimum Gasteiger partial charge on any atom is -0.426 e. The number of hydrogen-bond donors (Lipinski definition) is 2. The van der Waals surface area contributed by atoms with Crippen LogP contribution in [0.15, 0.2) is 18.2 Å². The summed E-state index contributed by atoms with van der Waals surface area (Å²) in [6, 6.07) is 2.60. The molecule has 0 atom stereocenters. The van der Waals surface area contributed by atoms with E-state index in [1.807, 2.05) is 0 Å². The Morgan fingerprint density at radius 2 is 1.64 bits per heavy atom. The van der Waals surface area contributed by atoms with E-state index in [4.69, 9.17) is 4.55 Å². The molecule has 0 aromatic heterocycles. The Bertz CT molecular complexity index is 868. The third kappa shape index (κ3) is 5.69. The molecule has 158 valence electrons. The minimum atomic E-state index is -6.33. The fourth-order valence-corrected chi connectivity index (χ4v) is 3.31. The molecular weight excluding hydrogens is 539 g/mol. The second kappa shape index (κ2) is 8.02. The van der Waals surface area contributed by atoms with Gasteiger partial charge in [0.25, 0.3) is 16.0 Å². The van der Waals surface area contributed by atoms with E-state index in [9.17, 15) is 44.3 Å². The quantitative estimate of drug-likeness (QED) is 0.192. The summed E-state index contributed by atoms with van der Waals surface area (Å²) in [5.74, 6) is -6.05. The van der Waals surface area contributed by atoms with E-state index in [-0.39, 0.29) is 9.32 Å². The van der Waals surface area contributed by atoms with Crippen molar-refractivity contribution in [2.45, 2.75) is 24.8 Å². The maximum absolute atomic E-state index is 13.2. The highest BCUT2D eigenvalue weighted by molar-refractivity contribution is 14.1. The lowest BCUT2D eigenvalue weighted by Gasteiger charge is -2.36. The molecule has 0 aliphatic heterocycles. The third-order valence-corrected chi connectivity index (χ3v) is 4.83. The van der Waals surface area contributed by atoms with Crippen LogP contribution in [-0.4, -0.2) is 48.5 Å². The maximum atomic E-state index is 13.2. The lowest BCUT2D eigenvalue weighted by molar-refractivity contribution is -0.296. The van der Waals surface area contributed by atoms with Crippen molar-refractivity contribution in [3.8, 4) is 5.75 Å². The molecule has 0 heterocycles. The highest BCUT2D eigenvalue weighted by atomic mass is 127. The second-order valence-corrected chi connectivity index (χ2v) is 7.93. The number of ether oxygens (including phenoxy) is 1. The fraction of sp³-hybridized carbons (Fsp3) is 0.385. The third-order valence-electron chi connectivity index (χ3n) is 3.14. The molecule has 28 heavy (non-hydrogen) atoms. The van der Waals surface area contributed by atoms with Gasteiger partial charge in [-0.1, -0.05) is 0 Å². The molecule has 1 rings (SSSR count). The van der Waals surface area contributed by atoms with Gasteiger partial charge in [0.05, 0.1) is 3.57 Å².